The van der Waals surface area contributed by atoms with Crippen LogP contribution in [-0.2, 0) is 12.8 Å². The molecule has 0 spiro atoms. The molecule has 3 N–H and O–H groups in total. The van der Waals surface area contributed by atoms with E-state index in [4.69, 9.17) is 4.99 Å². The number of amides is 1. The van der Waals surface area contributed by atoms with Gasteiger partial charge in [-0.25, -0.2) is 0 Å². The Morgan fingerprint density at radius 2 is 1.86 bits per heavy atom. The third-order valence-corrected chi connectivity index (χ3v) is 4.62. The van der Waals surface area contributed by atoms with Crippen molar-refractivity contribution in [1.29, 1.82) is 0 Å². The average Bonchev–Trinajstić information content (AvgIpc) is 2.69. The molecule has 0 aliphatic carbocycles. The molecule has 28 heavy (non-hydrogen) atoms. The van der Waals surface area contributed by atoms with E-state index in [1.165, 1.54) is 16.7 Å². The molecule has 2 aromatic carbocycles. The number of nitrogens with zero attached hydrogens (tertiary/aromatic N) is 1. The van der Waals surface area contributed by atoms with Crippen molar-refractivity contribution in [3.05, 3.63) is 70.3 Å². The van der Waals surface area contributed by atoms with Gasteiger partial charge >= 0.3 is 0 Å². The van der Waals surface area contributed by atoms with Gasteiger partial charge < -0.3 is 16.0 Å². The summed E-state index contributed by atoms with van der Waals surface area (Å²) in [5, 5.41) is 9.33. The molecule has 0 bridgehead atoms. The fourth-order valence-corrected chi connectivity index (χ4v) is 3.09. The standard InChI is InChI=1S/C23H32N4O/c1-5-25-23(27-14-12-20-10-9-17(2)15-18(20)3)26-13-11-19-7-6-8-21(16-19)22(28)24-4/h6-10,15-16H,5,11-14H2,1-4H3,(H,24,28)(H2,25,26,27). The summed E-state index contributed by atoms with van der Waals surface area (Å²) in [6.45, 7) is 8.66. The van der Waals surface area contributed by atoms with Crippen molar-refractivity contribution >= 4 is 11.9 Å². The van der Waals surface area contributed by atoms with Gasteiger partial charge in [-0.15, -0.1) is 0 Å². The van der Waals surface area contributed by atoms with Gasteiger partial charge in [-0.3, -0.25) is 9.79 Å². The third kappa shape index (κ3) is 6.72. The molecule has 0 saturated carbocycles. The summed E-state index contributed by atoms with van der Waals surface area (Å²) in [4.78, 5) is 16.4. The van der Waals surface area contributed by atoms with Crippen molar-refractivity contribution in [3.63, 3.8) is 0 Å². The number of guanidine groups is 1. The molecule has 5 heteroatoms. The van der Waals surface area contributed by atoms with E-state index in [1.807, 2.05) is 24.3 Å². The lowest BCUT2D eigenvalue weighted by Gasteiger charge is -2.12. The van der Waals surface area contributed by atoms with Crippen LogP contribution in [0, 0.1) is 13.8 Å². The van der Waals surface area contributed by atoms with Gasteiger partial charge in [0.05, 0.1) is 0 Å². The zero-order valence-corrected chi connectivity index (χ0v) is 17.4. The zero-order valence-electron chi connectivity index (χ0n) is 17.4. The predicted octanol–water partition coefficient (Wildman–Crippen LogP) is 3.00. The Bertz CT molecular complexity index is 814. The van der Waals surface area contributed by atoms with Crippen LogP contribution < -0.4 is 16.0 Å². The lowest BCUT2D eigenvalue weighted by Crippen LogP contribution is -2.38. The van der Waals surface area contributed by atoms with Crippen LogP contribution in [0.25, 0.3) is 0 Å². The van der Waals surface area contributed by atoms with Gasteiger partial charge in [0.25, 0.3) is 5.91 Å². The number of aryl methyl sites for hydroxylation is 2. The van der Waals surface area contributed by atoms with Crippen molar-refractivity contribution in [3.8, 4) is 0 Å². The molecular formula is C23H32N4O. The lowest BCUT2D eigenvalue weighted by atomic mass is 10.0. The Hall–Kier alpha value is -2.82. The molecule has 5 nitrogen and oxygen atoms in total. The van der Waals surface area contributed by atoms with E-state index in [2.05, 4.69) is 54.9 Å². The molecular weight excluding hydrogens is 348 g/mol. The van der Waals surface area contributed by atoms with E-state index < -0.39 is 0 Å². The van der Waals surface area contributed by atoms with Crippen LogP contribution in [0.3, 0.4) is 0 Å². The summed E-state index contributed by atoms with van der Waals surface area (Å²) in [5.74, 6) is 0.769. The number of aliphatic imine (C=N–C) groups is 1. The summed E-state index contributed by atoms with van der Waals surface area (Å²) in [6.07, 6.45) is 1.75. The second-order valence-corrected chi connectivity index (χ2v) is 6.90. The summed E-state index contributed by atoms with van der Waals surface area (Å²) < 4.78 is 0. The van der Waals surface area contributed by atoms with E-state index in [1.54, 1.807) is 7.05 Å². The van der Waals surface area contributed by atoms with Crippen LogP contribution in [0.2, 0.25) is 0 Å². The second-order valence-electron chi connectivity index (χ2n) is 6.90. The second kappa shape index (κ2) is 11.1. The number of nitrogens with one attached hydrogen (secondary N) is 3. The molecule has 0 unspecified atom stereocenters. The first-order valence-corrected chi connectivity index (χ1v) is 9.92. The Morgan fingerprint density at radius 3 is 2.57 bits per heavy atom. The Labute approximate surface area is 168 Å². The zero-order chi connectivity index (χ0) is 20.4. The van der Waals surface area contributed by atoms with Gasteiger partial charge in [0, 0.05) is 32.2 Å². The van der Waals surface area contributed by atoms with Crippen LogP contribution in [0.4, 0.5) is 0 Å². The molecule has 0 aliphatic heterocycles. The maximum atomic E-state index is 11.8. The number of hydrogen-bond acceptors (Lipinski definition) is 2. The monoisotopic (exact) mass is 380 g/mol. The summed E-state index contributed by atoms with van der Waals surface area (Å²) in [7, 11) is 1.65. The van der Waals surface area contributed by atoms with Gasteiger partial charge in [0.2, 0.25) is 0 Å². The maximum Gasteiger partial charge on any atom is 0.251 e. The van der Waals surface area contributed by atoms with E-state index in [0.29, 0.717) is 5.56 Å². The number of carbonyl (C=O) groups excluding carboxylic acids is 1. The Kier molecular flexibility index (Phi) is 8.53. The first-order valence-electron chi connectivity index (χ1n) is 9.92. The summed E-state index contributed by atoms with van der Waals surface area (Å²) in [5.41, 5.74) is 5.77. The highest BCUT2D eigenvalue weighted by atomic mass is 16.1. The normalized spacial score (nSPS) is 11.2. The SMILES string of the molecule is CCNC(=NCCc1ccc(C)cc1C)NCCc1cccc(C(=O)NC)c1. The topological polar surface area (TPSA) is 65.5 Å². The quantitative estimate of drug-likeness (QED) is 0.487. The molecule has 0 heterocycles. The van der Waals surface area contributed by atoms with Crippen molar-refractivity contribution in [2.75, 3.05) is 26.7 Å². The van der Waals surface area contributed by atoms with Crippen molar-refractivity contribution in [1.82, 2.24) is 16.0 Å². The minimum absolute atomic E-state index is 0.0592. The molecule has 0 aliphatic rings. The molecule has 0 radical (unpaired) electrons. The van der Waals surface area contributed by atoms with E-state index in [-0.39, 0.29) is 5.91 Å². The van der Waals surface area contributed by atoms with Gasteiger partial charge in [-0.1, -0.05) is 35.9 Å². The van der Waals surface area contributed by atoms with E-state index >= 15 is 0 Å². The van der Waals surface area contributed by atoms with Crippen LogP contribution in [0.15, 0.2) is 47.5 Å². The fraction of sp³-hybridized carbons (Fsp3) is 0.391. The maximum absolute atomic E-state index is 11.8. The van der Waals surface area contributed by atoms with Crippen molar-refractivity contribution < 1.29 is 4.79 Å². The van der Waals surface area contributed by atoms with E-state index in [0.717, 1.165) is 44.0 Å². The molecule has 0 atom stereocenters. The number of benzene rings is 2. The minimum atomic E-state index is -0.0592. The van der Waals surface area contributed by atoms with Gasteiger partial charge in [-0.05, 0) is 62.4 Å². The highest BCUT2D eigenvalue weighted by molar-refractivity contribution is 5.94. The highest BCUT2D eigenvalue weighted by Crippen LogP contribution is 2.11. The van der Waals surface area contributed by atoms with Crippen LogP contribution in [0.1, 0.15) is 39.5 Å². The number of rotatable bonds is 8. The predicted molar refractivity (Wildman–Crippen MR) is 117 cm³/mol. The molecule has 1 amide bonds. The van der Waals surface area contributed by atoms with Gasteiger partial charge in [0.1, 0.15) is 0 Å². The summed E-state index contributed by atoms with van der Waals surface area (Å²) in [6, 6.07) is 14.3. The van der Waals surface area contributed by atoms with Gasteiger partial charge in [-0.2, -0.15) is 0 Å². The van der Waals surface area contributed by atoms with Crippen LogP contribution in [-0.4, -0.2) is 38.5 Å². The van der Waals surface area contributed by atoms with E-state index in [9.17, 15) is 4.79 Å². The Morgan fingerprint density at radius 1 is 1.04 bits per heavy atom. The summed E-state index contributed by atoms with van der Waals surface area (Å²) >= 11 is 0. The average molecular weight is 381 g/mol. The lowest BCUT2D eigenvalue weighted by molar-refractivity contribution is 0.0963. The largest absolute Gasteiger partial charge is 0.357 e. The molecule has 0 fully saturated rings. The van der Waals surface area contributed by atoms with Crippen molar-refractivity contribution in [2.24, 2.45) is 4.99 Å². The number of carbonyl (C=O) groups is 1. The molecule has 150 valence electrons. The van der Waals surface area contributed by atoms with Crippen molar-refractivity contribution in [2.45, 2.75) is 33.6 Å². The molecule has 2 rings (SSSR count). The first-order chi connectivity index (χ1) is 13.5. The number of hydrogen-bond donors (Lipinski definition) is 3. The van der Waals surface area contributed by atoms with Gasteiger partial charge in [0.15, 0.2) is 5.96 Å². The van der Waals surface area contributed by atoms with Crippen LogP contribution in [0.5, 0.6) is 0 Å². The molecule has 0 aromatic heterocycles. The Balaban J connectivity index is 1.88. The molecule has 2 aromatic rings. The third-order valence-electron chi connectivity index (χ3n) is 4.62. The first kappa shape index (κ1) is 21.5. The smallest absolute Gasteiger partial charge is 0.251 e. The minimum Gasteiger partial charge on any atom is -0.357 e. The highest BCUT2D eigenvalue weighted by Gasteiger charge is 2.04. The fourth-order valence-electron chi connectivity index (χ4n) is 3.09. The molecule has 0 saturated heterocycles. The van der Waals surface area contributed by atoms with Crippen LogP contribution >= 0.6 is 0 Å².